The molecular weight excluding hydrogens is 424 g/mol. The Kier molecular flexibility index (Phi) is 5.78. The molecule has 0 atom stereocenters. The molecule has 1 aliphatic rings. The van der Waals surface area contributed by atoms with E-state index >= 15 is 0 Å². The number of benzene rings is 1. The fourth-order valence-electron chi connectivity index (χ4n) is 3.35. The van der Waals surface area contributed by atoms with Crippen molar-refractivity contribution >= 4 is 45.2 Å². The summed E-state index contributed by atoms with van der Waals surface area (Å²) in [6, 6.07) is 8.95. The van der Waals surface area contributed by atoms with Crippen LogP contribution in [0.25, 0.3) is 10.2 Å². The van der Waals surface area contributed by atoms with Gasteiger partial charge in [0.15, 0.2) is 10.9 Å². The molecule has 4 rings (SSSR count). The molecule has 1 amide bonds. The van der Waals surface area contributed by atoms with E-state index < -0.39 is 0 Å². The summed E-state index contributed by atoms with van der Waals surface area (Å²) >= 11 is 2.52. The van der Waals surface area contributed by atoms with Gasteiger partial charge in [0.05, 0.1) is 24.3 Å². The quantitative estimate of drug-likeness (QED) is 0.279. The Hall–Kier alpha value is -2.85. The van der Waals surface area contributed by atoms with Crippen LogP contribution in [0, 0.1) is 0 Å². The molecule has 2 N–H and O–H groups in total. The van der Waals surface area contributed by atoms with Gasteiger partial charge in [-0.3, -0.25) is 9.59 Å². The van der Waals surface area contributed by atoms with Crippen LogP contribution in [0.5, 0.6) is 0 Å². The molecule has 10 heteroatoms. The number of nitrogens with two attached hydrogens (primary N) is 1. The van der Waals surface area contributed by atoms with Crippen LogP contribution in [-0.2, 0) is 17.7 Å². The molecule has 1 aromatic carbocycles. The SMILES string of the molecule is CCOC(=O)N1CCc2c(sc3nc(SCC(=O)c4ccccc4)n(N)c(=O)c23)C1. The van der Waals surface area contributed by atoms with Gasteiger partial charge in [0.1, 0.15) is 4.83 Å². The first-order valence-electron chi connectivity index (χ1n) is 9.44. The molecule has 0 spiro atoms. The first kappa shape index (κ1) is 20.4. The van der Waals surface area contributed by atoms with Crippen LogP contribution in [0.4, 0.5) is 4.79 Å². The Morgan fingerprint density at radius 1 is 1.30 bits per heavy atom. The summed E-state index contributed by atoms with van der Waals surface area (Å²) < 4.78 is 6.09. The summed E-state index contributed by atoms with van der Waals surface area (Å²) in [7, 11) is 0. The van der Waals surface area contributed by atoms with Crippen LogP contribution in [0.2, 0.25) is 0 Å². The second-order valence-corrected chi connectivity index (χ2v) is 8.73. The number of rotatable bonds is 5. The van der Waals surface area contributed by atoms with Gasteiger partial charge in [0.25, 0.3) is 5.56 Å². The van der Waals surface area contributed by atoms with Crippen molar-refractivity contribution in [1.82, 2.24) is 14.6 Å². The normalized spacial score (nSPS) is 13.3. The molecule has 2 aromatic heterocycles. The minimum Gasteiger partial charge on any atom is -0.450 e. The van der Waals surface area contributed by atoms with Crippen LogP contribution in [0.1, 0.15) is 27.7 Å². The van der Waals surface area contributed by atoms with Crippen molar-refractivity contribution in [3.8, 4) is 0 Å². The lowest BCUT2D eigenvalue weighted by atomic mass is 10.1. The van der Waals surface area contributed by atoms with E-state index in [2.05, 4.69) is 4.98 Å². The number of Topliss-reactive ketones (excluding diaryl/α,β-unsaturated/α-hetero) is 1. The second-order valence-electron chi connectivity index (χ2n) is 6.70. The zero-order chi connectivity index (χ0) is 21.3. The molecule has 8 nitrogen and oxygen atoms in total. The third-order valence-corrected chi connectivity index (χ3v) is 6.89. The smallest absolute Gasteiger partial charge is 0.410 e. The van der Waals surface area contributed by atoms with Crippen LogP contribution >= 0.6 is 23.1 Å². The molecule has 3 aromatic rings. The van der Waals surface area contributed by atoms with Crippen LogP contribution in [0.15, 0.2) is 40.3 Å². The van der Waals surface area contributed by atoms with Gasteiger partial charge >= 0.3 is 6.09 Å². The number of thioether (sulfide) groups is 1. The molecule has 0 unspecified atom stereocenters. The van der Waals surface area contributed by atoms with E-state index in [9.17, 15) is 14.4 Å². The van der Waals surface area contributed by atoms with Crippen molar-refractivity contribution in [3.05, 3.63) is 56.7 Å². The number of ketones is 1. The number of thiophene rings is 1. The minimum absolute atomic E-state index is 0.0644. The number of nitrogens with zero attached hydrogens (tertiary/aromatic N) is 3. The molecule has 3 heterocycles. The first-order chi connectivity index (χ1) is 14.5. The lowest BCUT2D eigenvalue weighted by Crippen LogP contribution is -2.36. The van der Waals surface area contributed by atoms with Gasteiger partial charge in [-0.2, -0.15) is 0 Å². The zero-order valence-corrected chi connectivity index (χ0v) is 17.9. The maximum Gasteiger partial charge on any atom is 0.410 e. The predicted octanol–water partition coefficient (Wildman–Crippen LogP) is 2.66. The van der Waals surface area contributed by atoms with E-state index in [-0.39, 0.29) is 28.3 Å². The number of hydrogen-bond acceptors (Lipinski definition) is 8. The Morgan fingerprint density at radius 2 is 2.07 bits per heavy atom. The summed E-state index contributed by atoms with van der Waals surface area (Å²) in [6.45, 7) is 2.94. The monoisotopic (exact) mass is 444 g/mol. The maximum atomic E-state index is 12.9. The Bertz CT molecular complexity index is 1170. The Morgan fingerprint density at radius 3 is 2.80 bits per heavy atom. The molecule has 0 saturated carbocycles. The Labute approximate surface area is 180 Å². The number of ether oxygens (including phenoxy) is 1. The number of carbonyl (C=O) groups excluding carboxylic acids is 2. The molecule has 1 aliphatic heterocycles. The van der Waals surface area contributed by atoms with Crippen molar-refractivity contribution in [2.75, 3.05) is 24.7 Å². The highest BCUT2D eigenvalue weighted by Gasteiger charge is 2.27. The molecular formula is C20H20N4O4S2. The van der Waals surface area contributed by atoms with Crippen molar-refractivity contribution < 1.29 is 14.3 Å². The topological polar surface area (TPSA) is 108 Å². The number of hydrogen-bond donors (Lipinski definition) is 1. The molecule has 0 bridgehead atoms. The molecule has 0 aliphatic carbocycles. The van der Waals surface area contributed by atoms with Crippen LogP contribution < -0.4 is 11.4 Å². The third-order valence-electron chi connectivity index (χ3n) is 4.83. The summed E-state index contributed by atoms with van der Waals surface area (Å²) in [5.74, 6) is 6.07. The largest absolute Gasteiger partial charge is 0.450 e. The van der Waals surface area contributed by atoms with Gasteiger partial charge in [-0.05, 0) is 18.9 Å². The van der Waals surface area contributed by atoms with Crippen molar-refractivity contribution in [2.24, 2.45) is 0 Å². The zero-order valence-electron chi connectivity index (χ0n) is 16.3. The molecule has 30 heavy (non-hydrogen) atoms. The summed E-state index contributed by atoms with van der Waals surface area (Å²) in [6.07, 6.45) is 0.185. The standard InChI is InChI=1S/C20H20N4O4S2/c1-2-28-20(27)23-9-8-13-15(10-23)30-17-16(13)18(26)24(21)19(22-17)29-11-14(25)12-6-4-3-5-7-12/h3-7H,2,8-11,21H2,1H3. The number of carbonyl (C=O) groups is 2. The highest BCUT2D eigenvalue weighted by Crippen LogP contribution is 2.33. The fraction of sp³-hybridized carbons (Fsp3) is 0.300. The van der Waals surface area contributed by atoms with Gasteiger partial charge in [-0.15, -0.1) is 11.3 Å². The van der Waals surface area contributed by atoms with E-state index in [1.807, 2.05) is 6.07 Å². The van der Waals surface area contributed by atoms with Gasteiger partial charge < -0.3 is 15.5 Å². The number of nitrogen functional groups attached to an aromatic ring is 1. The summed E-state index contributed by atoms with van der Waals surface area (Å²) in [4.78, 5) is 45.0. The number of fused-ring (bicyclic) bond motifs is 3. The Balaban J connectivity index is 1.60. The lowest BCUT2D eigenvalue weighted by Gasteiger charge is -2.25. The van der Waals surface area contributed by atoms with E-state index in [0.717, 1.165) is 26.9 Å². The van der Waals surface area contributed by atoms with Crippen LogP contribution in [0.3, 0.4) is 0 Å². The third kappa shape index (κ3) is 3.80. The van der Waals surface area contributed by atoms with Gasteiger partial charge in [0, 0.05) is 17.0 Å². The molecule has 0 radical (unpaired) electrons. The lowest BCUT2D eigenvalue weighted by molar-refractivity contribution is 0.101. The van der Waals surface area contributed by atoms with Crippen molar-refractivity contribution in [3.63, 3.8) is 0 Å². The number of aromatic nitrogens is 2. The first-order valence-corrected chi connectivity index (χ1v) is 11.2. The summed E-state index contributed by atoms with van der Waals surface area (Å²) in [5, 5.41) is 0.789. The van der Waals surface area contributed by atoms with Crippen LogP contribution in [-0.4, -0.2) is 45.3 Å². The highest BCUT2D eigenvalue weighted by molar-refractivity contribution is 7.99. The minimum atomic E-state index is -0.361. The van der Waals surface area contributed by atoms with Crippen molar-refractivity contribution in [2.45, 2.75) is 25.0 Å². The number of amides is 1. The van der Waals surface area contributed by atoms with E-state index in [0.29, 0.717) is 41.9 Å². The highest BCUT2D eigenvalue weighted by atomic mass is 32.2. The van der Waals surface area contributed by atoms with Gasteiger partial charge in [-0.25, -0.2) is 14.5 Å². The van der Waals surface area contributed by atoms with E-state index in [1.54, 1.807) is 36.1 Å². The predicted molar refractivity (Wildman–Crippen MR) is 117 cm³/mol. The molecule has 156 valence electrons. The molecule has 0 fully saturated rings. The van der Waals surface area contributed by atoms with Gasteiger partial charge in [0.2, 0.25) is 0 Å². The average Bonchev–Trinajstić information content (AvgIpc) is 3.13. The van der Waals surface area contributed by atoms with Crippen molar-refractivity contribution in [1.29, 1.82) is 0 Å². The average molecular weight is 445 g/mol. The fourth-order valence-corrected chi connectivity index (χ4v) is 5.43. The summed E-state index contributed by atoms with van der Waals surface area (Å²) in [5.41, 5.74) is 1.16. The van der Waals surface area contributed by atoms with E-state index in [4.69, 9.17) is 10.6 Å². The maximum absolute atomic E-state index is 12.9. The molecule has 0 saturated heterocycles. The second kappa shape index (κ2) is 8.49. The van der Waals surface area contributed by atoms with E-state index in [1.165, 1.54) is 11.3 Å². The van der Waals surface area contributed by atoms with Gasteiger partial charge in [-0.1, -0.05) is 42.1 Å².